The molecule has 0 bridgehead atoms. The van der Waals surface area contributed by atoms with E-state index in [2.05, 4.69) is 0 Å². The molecule has 2 N–H and O–H groups in total. The minimum absolute atomic E-state index is 0.209. The summed E-state index contributed by atoms with van der Waals surface area (Å²) in [5, 5.41) is -0.398. The number of benzene rings is 1. The number of hydrogen-bond acceptors (Lipinski definition) is 2. The lowest BCUT2D eigenvalue weighted by Gasteiger charge is -2.13. The average Bonchev–Trinajstić information content (AvgIpc) is 2.95. The van der Waals surface area contributed by atoms with Crippen molar-refractivity contribution < 1.29 is 22.8 Å². The SMILES string of the molecule is NC(=O)[C@@H]1CCN(C(=O)/C=C/c2ccc(Cl)c(C(F)(F)F)c2)C1. The Morgan fingerprint density at radius 2 is 2.04 bits per heavy atom. The molecule has 0 saturated carbocycles. The lowest BCUT2D eigenvalue weighted by atomic mass is 10.1. The van der Waals surface area contributed by atoms with Gasteiger partial charge in [-0.05, 0) is 30.2 Å². The number of carbonyl (C=O) groups excluding carboxylic acids is 2. The molecule has 1 fully saturated rings. The van der Waals surface area contributed by atoms with Crippen LogP contribution >= 0.6 is 11.6 Å². The molecule has 1 aromatic rings. The highest BCUT2D eigenvalue weighted by Crippen LogP contribution is 2.35. The van der Waals surface area contributed by atoms with Crippen molar-refractivity contribution in [2.24, 2.45) is 11.7 Å². The maximum Gasteiger partial charge on any atom is 0.417 e. The van der Waals surface area contributed by atoms with Crippen molar-refractivity contribution in [1.29, 1.82) is 0 Å². The van der Waals surface area contributed by atoms with Gasteiger partial charge < -0.3 is 10.6 Å². The zero-order valence-electron chi connectivity index (χ0n) is 11.9. The molecular weight excluding hydrogens is 333 g/mol. The summed E-state index contributed by atoms with van der Waals surface area (Å²) in [6, 6.07) is 3.40. The second-order valence-corrected chi connectivity index (χ2v) is 5.65. The summed E-state index contributed by atoms with van der Waals surface area (Å²) in [4.78, 5) is 24.5. The Morgan fingerprint density at radius 3 is 2.61 bits per heavy atom. The number of halogens is 4. The molecule has 1 aliphatic rings. The van der Waals surface area contributed by atoms with Crippen LogP contribution in [0.2, 0.25) is 5.02 Å². The monoisotopic (exact) mass is 346 g/mol. The van der Waals surface area contributed by atoms with E-state index in [4.69, 9.17) is 17.3 Å². The van der Waals surface area contributed by atoms with E-state index in [9.17, 15) is 22.8 Å². The molecule has 1 aliphatic heterocycles. The van der Waals surface area contributed by atoms with Gasteiger partial charge in [0.25, 0.3) is 0 Å². The van der Waals surface area contributed by atoms with Gasteiger partial charge in [-0.1, -0.05) is 17.7 Å². The van der Waals surface area contributed by atoms with Crippen molar-refractivity contribution in [3.8, 4) is 0 Å². The third kappa shape index (κ3) is 4.25. The van der Waals surface area contributed by atoms with E-state index in [-0.39, 0.29) is 23.9 Å². The van der Waals surface area contributed by atoms with Gasteiger partial charge in [-0.15, -0.1) is 0 Å². The van der Waals surface area contributed by atoms with Crippen LogP contribution in [-0.2, 0) is 15.8 Å². The molecule has 1 atom stereocenters. The quantitative estimate of drug-likeness (QED) is 0.855. The van der Waals surface area contributed by atoms with E-state index in [1.807, 2.05) is 0 Å². The summed E-state index contributed by atoms with van der Waals surface area (Å²) in [5.74, 6) is -1.21. The van der Waals surface area contributed by atoms with E-state index >= 15 is 0 Å². The van der Waals surface area contributed by atoms with Gasteiger partial charge in [-0.3, -0.25) is 9.59 Å². The molecule has 1 saturated heterocycles. The highest BCUT2D eigenvalue weighted by Gasteiger charge is 2.33. The molecule has 0 aromatic heterocycles. The van der Waals surface area contributed by atoms with E-state index < -0.39 is 22.7 Å². The Kier molecular flexibility index (Phi) is 4.99. The summed E-state index contributed by atoms with van der Waals surface area (Å²) < 4.78 is 38.3. The number of primary amides is 1. The topological polar surface area (TPSA) is 63.4 Å². The summed E-state index contributed by atoms with van der Waals surface area (Å²) in [6.45, 7) is 0.623. The van der Waals surface area contributed by atoms with Crippen LogP contribution < -0.4 is 5.73 Å². The Balaban J connectivity index is 2.09. The molecule has 2 rings (SSSR count). The van der Waals surface area contributed by atoms with Gasteiger partial charge in [0.2, 0.25) is 11.8 Å². The zero-order valence-corrected chi connectivity index (χ0v) is 12.7. The standard InChI is InChI=1S/C15H14ClF3N2O2/c16-12-3-1-9(7-11(12)15(17,18)19)2-4-13(22)21-6-5-10(8-21)14(20)23/h1-4,7,10H,5-6,8H2,(H2,20,23)/b4-2+/t10-/m1/s1. The van der Waals surface area contributed by atoms with Crippen LogP contribution in [0.3, 0.4) is 0 Å². The average molecular weight is 347 g/mol. The van der Waals surface area contributed by atoms with Crippen molar-refractivity contribution >= 4 is 29.5 Å². The molecule has 1 heterocycles. The molecule has 0 unspecified atom stereocenters. The number of nitrogens with two attached hydrogens (primary N) is 1. The zero-order chi connectivity index (χ0) is 17.2. The van der Waals surface area contributed by atoms with Gasteiger partial charge in [0.15, 0.2) is 0 Å². The third-order valence-electron chi connectivity index (χ3n) is 3.62. The lowest BCUT2D eigenvalue weighted by molar-refractivity contribution is -0.137. The van der Waals surface area contributed by atoms with Gasteiger partial charge >= 0.3 is 6.18 Å². The number of carbonyl (C=O) groups is 2. The van der Waals surface area contributed by atoms with Crippen LogP contribution in [0.1, 0.15) is 17.5 Å². The van der Waals surface area contributed by atoms with Gasteiger partial charge in [0, 0.05) is 19.2 Å². The van der Waals surface area contributed by atoms with Crippen molar-refractivity contribution in [1.82, 2.24) is 4.90 Å². The molecule has 8 heteroatoms. The second-order valence-electron chi connectivity index (χ2n) is 5.24. The van der Waals surface area contributed by atoms with Crippen molar-refractivity contribution in [2.45, 2.75) is 12.6 Å². The Labute approximate surface area is 135 Å². The van der Waals surface area contributed by atoms with Gasteiger partial charge in [-0.25, -0.2) is 0 Å². The fourth-order valence-electron chi connectivity index (χ4n) is 2.33. The fourth-order valence-corrected chi connectivity index (χ4v) is 2.55. The van der Waals surface area contributed by atoms with Crippen molar-refractivity contribution in [3.05, 3.63) is 40.4 Å². The predicted octanol–water partition coefficient (Wildman–Crippen LogP) is 2.71. The van der Waals surface area contributed by atoms with Crippen molar-refractivity contribution in [3.63, 3.8) is 0 Å². The fraction of sp³-hybridized carbons (Fsp3) is 0.333. The van der Waals surface area contributed by atoms with Crippen LogP contribution in [0.5, 0.6) is 0 Å². The van der Waals surface area contributed by atoms with Crippen LogP contribution in [0.15, 0.2) is 24.3 Å². The molecule has 4 nitrogen and oxygen atoms in total. The number of amides is 2. The Morgan fingerprint density at radius 1 is 1.35 bits per heavy atom. The summed E-state index contributed by atoms with van der Waals surface area (Å²) in [6.07, 6.45) is -1.61. The van der Waals surface area contributed by atoms with Crippen LogP contribution in [0.25, 0.3) is 6.08 Å². The molecular formula is C15H14ClF3N2O2. The number of likely N-dealkylation sites (tertiary alicyclic amines) is 1. The largest absolute Gasteiger partial charge is 0.417 e. The third-order valence-corrected chi connectivity index (χ3v) is 3.95. The second kappa shape index (κ2) is 6.62. The van der Waals surface area contributed by atoms with Gasteiger partial charge in [-0.2, -0.15) is 13.2 Å². The maximum absolute atomic E-state index is 12.8. The maximum atomic E-state index is 12.8. The first-order chi connectivity index (χ1) is 10.7. The lowest BCUT2D eigenvalue weighted by Crippen LogP contribution is -2.30. The Hall–Kier alpha value is -2.02. The minimum Gasteiger partial charge on any atom is -0.369 e. The normalized spacial score (nSPS) is 18.6. The molecule has 0 spiro atoms. The molecule has 1 aromatic carbocycles. The van der Waals surface area contributed by atoms with E-state index in [1.54, 1.807) is 0 Å². The highest BCUT2D eigenvalue weighted by molar-refractivity contribution is 6.31. The number of nitrogens with zero attached hydrogens (tertiary/aromatic N) is 1. The van der Waals surface area contributed by atoms with Crippen LogP contribution in [-0.4, -0.2) is 29.8 Å². The molecule has 2 amide bonds. The highest BCUT2D eigenvalue weighted by atomic mass is 35.5. The van der Waals surface area contributed by atoms with Crippen LogP contribution in [0.4, 0.5) is 13.2 Å². The smallest absolute Gasteiger partial charge is 0.369 e. The molecule has 0 aliphatic carbocycles. The Bertz CT molecular complexity index is 659. The molecule has 23 heavy (non-hydrogen) atoms. The first-order valence-corrected chi connectivity index (χ1v) is 7.19. The summed E-state index contributed by atoms with van der Waals surface area (Å²) in [7, 11) is 0. The van der Waals surface area contributed by atoms with Gasteiger partial charge in [0.1, 0.15) is 0 Å². The van der Waals surface area contributed by atoms with Crippen LogP contribution in [0, 0.1) is 5.92 Å². The summed E-state index contributed by atoms with van der Waals surface area (Å²) in [5.41, 5.74) is 4.44. The van der Waals surface area contributed by atoms with Crippen molar-refractivity contribution in [2.75, 3.05) is 13.1 Å². The first-order valence-electron chi connectivity index (χ1n) is 6.81. The van der Waals surface area contributed by atoms with E-state index in [1.165, 1.54) is 23.1 Å². The number of hydrogen-bond donors (Lipinski definition) is 1. The van der Waals surface area contributed by atoms with Gasteiger partial charge in [0.05, 0.1) is 16.5 Å². The number of rotatable bonds is 3. The minimum atomic E-state index is -4.56. The molecule has 0 radical (unpaired) electrons. The summed E-state index contributed by atoms with van der Waals surface area (Å²) >= 11 is 5.53. The molecule has 124 valence electrons. The predicted molar refractivity (Wildman–Crippen MR) is 79.4 cm³/mol. The first kappa shape index (κ1) is 17.3. The van der Waals surface area contributed by atoms with E-state index in [0.717, 1.165) is 12.1 Å². The number of alkyl halides is 3. The van der Waals surface area contributed by atoms with E-state index in [0.29, 0.717) is 13.0 Å².